The fourth-order valence-corrected chi connectivity index (χ4v) is 5.02. The highest BCUT2D eigenvalue weighted by atomic mass is 32.2. The second-order valence-corrected chi connectivity index (χ2v) is 9.20. The molecule has 2 aromatic carbocycles. The number of aromatic nitrogens is 1. The van der Waals surface area contributed by atoms with Gasteiger partial charge < -0.3 is 10.2 Å². The monoisotopic (exact) mass is 436 g/mol. The van der Waals surface area contributed by atoms with E-state index in [0.29, 0.717) is 31.7 Å². The zero-order valence-electron chi connectivity index (χ0n) is 17.0. The van der Waals surface area contributed by atoms with Crippen LogP contribution in [0.4, 0.5) is 5.69 Å². The van der Waals surface area contributed by atoms with E-state index in [1.54, 1.807) is 24.4 Å². The summed E-state index contributed by atoms with van der Waals surface area (Å²) in [6, 6.07) is 21.6. The second-order valence-electron chi connectivity index (χ2n) is 7.26. The molecule has 7 nitrogen and oxygen atoms in total. The van der Waals surface area contributed by atoms with Gasteiger partial charge in [0, 0.05) is 43.6 Å². The molecule has 1 aliphatic rings. The Hall–Kier alpha value is -3.23. The quantitative estimate of drug-likeness (QED) is 0.642. The van der Waals surface area contributed by atoms with E-state index in [2.05, 4.69) is 15.2 Å². The van der Waals surface area contributed by atoms with Crippen LogP contribution in [0.1, 0.15) is 16.1 Å². The van der Waals surface area contributed by atoms with Gasteiger partial charge in [-0.05, 0) is 42.5 Å². The lowest BCUT2D eigenvalue weighted by atomic mass is 10.2. The summed E-state index contributed by atoms with van der Waals surface area (Å²) in [6.45, 7) is 2.31. The third-order valence-corrected chi connectivity index (χ3v) is 7.14. The van der Waals surface area contributed by atoms with Crippen LogP contribution in [0.2, 0.25) is 0 Å². The first-order valence-corrected chi connectivity index (χ1v) is 11.6. The first kappa shape index (κ1) is 21.0. The normalized spacial score (nSPS) is 14.9. The average Bonchev–Trinajstić information content (AvgIpc) is 2.84. The molecule has 8 heteroatoms. The van der Waals surface area contributed by atoms with E-state index >= 15 is 0 Å². The maximum Gasteiger partial charge on any atom is 0.251 e. The summed E-state index contributed by atoms with van der Waals surface area (Å²) in [6.07, 6.45) is 1.66. The SMILES string of the molecule is O=C(NCc1ccccn1)c1cccc(S(=O)(=O)N2CCN(c3ccccc3)CC2)c1. The van der Waals surface area contributed by atoms with Crippen LogP contribution in [0.5, 0.6) is 0 Å². The van der Waals surface area contributed by atoms with Crippen molar-refractivity contribution in [1.29, 1.82) is 0 Å². The highest BCUT2D eigenvalue weighted by Crippen LogP contribution is 2.21. The molecular formula is C23H24N4O3S. The number of rotatable bonds is 6. The number of para-hydroxylation sites is 1. The summed E-state index contributed by atoms with van der Waals surface area (Å²) >= 11 is 0. The van der Waals surface area contributed by atoms with Gasteiger partial charge in [0.1, 0.15) is 0 Å². The Bertz CT molecular complexity index is 1130. The molecule has 0 saturated carbocycles. The van der Waals surface area contributed by atoms with Gasteiger partial charge in [-0.3, -0.25) is 9.78 Å². The van der Waals surface area contributed by atoms with Crippen LogP contribution in [-0.2, 0) is 16.6 Å². The molecular weight excluding hydrogens is 412 g/mol. The lowest BCUT2D eigenvalue weighted by Gasteiger charge is -2.35. The smallest absolute Gasteiger partial charge is 0.251 e. The Balaban J connectivity index is 1.42. The summed E-state index contributed by atoms with van der Waals surface area (Å²) in [5, 5.41) is 2.78. The fourth-order valence-electron chi connectivity index (χ4n) is 3.55. The highest BCUT2D eigenvalue weighted by molar-refractivity contribution is 7.89. The molecule has 1 aliphatic heterocycles. The molecule has 31 heavy (non-hydrogen) atoms. The number of anilines is 1. The first-order chi connectivity index (χ1) is 15.0. The predicted octanol–water partition coefficient (Wildman–Crippen LogP) is 2.52. The van der Waals surface area contributed by atoms with Gasteiger partial charge in [0.15, 0.2) is 0 Å². The van der Waals surface area contributed by atoms with Crippen molar-refractivity contribution in [3.8, 4) is 0 Å². The van der Waals surface area contributed by atoms with Gasteiger partial charge in [-0.25, -0.2) is 8.42 Å². The minimum absolute atomic E-state index is 0.131. The number of benzene rings is 2. The average molecular weight is 437 g/mol. The number of hydrogen-bond donors (Lipinski definition) is 1. The maximum atomic E-state index is 13.2. The number of amides is 1. The van der Waals surface area contributed by atoms with Crippen molar-refractivity contribution in [2.75, 3.05) is 31.1 Å². The zero-order valence-corrected chi connectivity index (χ0v) is 17.8. The number of sulfonamides is 1. The molecule has 0 radical (unpaired) electrons. The van der Waals surface area contributed by atoms with Crippen LogP contribution in [0.25, 0.3) is 0 Å². The summed E-state index contributed by atoms with van der Waals surface area (Å²) in [5.41, 5.74) is 2.13. The minimum Gasteiger partial charge on any atom is -0.369 e. The Kier molecular flexibility index (Phi) is 6.29. The van der Waals surface area contributed by atoms with E-state index in [0.717, 1.165) is 11.4 Å². The standard InChI is InChI=1S/C23H24N4O3S/c28-23(25-18-20-8-4-5-12-24-20)19-7-6-11-22(17-19)31(29,30)27-15-13-26(14-16-27)21-9-2-1-3-10-21/h1-12,17H,13-16,18H2,(H,25,28). The maximum absolute atomic E-state index is 13.2. The Labute approximate surface area is 182 Å². The molecule has 1 amide bonds. The van der Waals surface area contributed by atoms with Crippen molar-refractivity contribution in [3.63, 3.8) is 0 Å². The summed E-state index contributed by atoms with van der Waals surface area (Å²) in [4.78, 5) is 19.0. The Morgan fingerprint density at radius 2 is 1.65 bits per heavy atom. The molecule has 1 N–H and O–H groups in total. The van der Waals surface area contributed by atoms with Crippen molar-refractivity contribution in [2.45, 2.75) is 11.4 Å². The number of pyridine rings is 1. The molecule has 0 unspecified atom stereocenters. The van der Waals surface area contributed by atoms with Crippen molar-refractivity contribution in [2.24, 2.45) is 0 Å². The topological polar surface area (TPSA) is 82.6 Å². The van der Waals surface area contributed by atoms with E-state index in [9.17, 15) is 13.2 Å². The number of carbonyl (C=O) groups excluding carboxylic acids is 1. The van der Waals surface area contributed by atoms with E-state index in [4.69, 9.17) is 0 Å². The van der Waals surface area contributed by atoms with Gasteiger partial charge in [0.2, 0.25) is 10.0 Å². The molecule has 0 spiro atoms. The summed E-state index contributed by atoms with van der Waals surface area (Å²) < 4.78 is 27.8. The van der Waals surface area contributed by atoms with Crippen molar-refractivity contribution < 1.29 is 13.2 Å². The van der Waals surface area contributed by atoms with Crippen LogP contribution in [0, 0.1) is 0 Å². The van der Waals surface area contributed by atoms with Gasteiger partial charge in [-0.2, -0.15) is 4.31 Å². The van der Waals surface area contributed by atoms with E-state index in [-0.39, 0.29) is 17.3 Å². The van der Waals surface area contributed by atoms with Gasteiger partial charge in [0.05, 0.1) is 17.1 Å². The molecule has 3 aromatic rings. The van der Waals surface area contributed by atoms with Crippen LogP contribution < -0.4 is 10.2 Å². The number of nitrogens with zero attached hydrogens (tertiary/aromatic N) is 3. The van der Waals surface area contributed by atoms with Gasteiger partial charge >= 0.3 is 0 Å². The van der Waals surface area contributed by atoms with Crippen LogP contribution >= 0.6 is 0 Å². The molecule has 1 aromatic heterocycles. The molecule has 1 saturated heterocycles. The van der Waals surface area contributed by atoms with Gasteiger partial charge in [-0.15, -0.1) is 0 Å². The van der Waals surface area contributed by atoms with Crippen molar-refractivity contribution in [3.05, 3.63) is 90.3 Å². The molecule has 2 heterocycles. The van der Waals surface area contributed by atoms with Crippen molar-refractivity contribution in [1.82, 2.24) is 14.6 Å². The highest BCUT2D eigenvalue weighted by Gasteiger charge is 2.29. The molecule has 0 aliphatic carbocycles. The summed E-state index contributed by atoms with van der Waals surface area (Å²) in [5.74, 6) is -0.336. The molecule has 4 rings (SSSR count). The van der Waals surface area contributed by atoms with Crippen molar-refractivity contribution >= 4 is 21.6 Å². The Morgan fingerprint density at radius 3 is 2.35 bits per heavy atom. The predicted molar refractivity (Wildman–Crippen MR) is 119 cm³/mol. The molecule has 160 valence electrons. The lowest BCUT2D eigenvalue weighted by molar-refractivity contribution is 0.0950. The number of piperazine rings is 1. The molecule has 1 fully saturated rings. The number of nitrogens with one attached hydrogen (secondary N) is 1. The largest absolute Gasteiger partial charge is 0.369 e. The summed E-state index contributed by atoms with van der Waals surface area (Å²) in [7, 11) is -3.68. The third kappa shape index (κ3) is 4.92. The second kappa shape index (κ2) is 9.28. The van der Waals surface area contributed by atoms with Gasteiger partial charge in [-0.1, -0.05) is 30.3 Å². The first-order valence-electron chi connectivity index (χ1n) is 10.1. The van der Waals surface area contributed by atoms with E-state index in [1.165, 1.54) is 16.4 Å². The molecule has 0 bridgehead atoms. The van der Waals surface area contributed by atoms with E-state index in [1.807, 2.05) is 42.5 Å². The van der Waals surface area contributed by atoms with Crippen LogP contribution in [0.3, 0.4) is 0 Å². The number of carbonyl (C=O) groups is 1. The van der Waals surface area contributed by atoms with E-state index < -0.39 is 10.0 Å². The minimum atomic E-state index is -3.68. The van der Waals surface area contributed by atoms with Crippen LogP contribution in [-0.4, -0.2) is 49.8 Å². The molecule has 0 atom stereocenters. The van der Waals surface area contributed by atoms with Crippen LogP contribution in [0.15, 0.2) is 83.9 Å². The zero-order chi connectivity index (χ0) is 21.7. The lowest BCUT2D eigenvalue weighted by Crippen LogP contribution is -2.48. The fraction of sp³-hybridized carbons (Fsp3) is 0.217. The third-order valence-electron chi connectivity index (χ3n) is 5.25. The van der Waals surface area contributed by atoms with Gasteiger partial charge in [0.25, 0.3) is 5.91 Å². The number of hydrogen-bond acceptors (Lipinski definition) is 5. The Morgan fingerprint density at radius 1 is 0.903 bits per heavy atom.